The SMILES string of the molecule is CC(C)N(Cc1ccccc1)S(=O)(=O)c1csc(CN)c1. The van der Waals surface area contributed by atoms with Crippen LogP contribution < -0.4 is 5.73 Å². The zero-order valence-corrected chi connectivity index (χ0v) is 13.8. The van der Waals surface area contributed by atoms with E-state index in [1.807, 2.05) is 44.2 Å². The Morgan fingerprint density at radius 2 is 1.90 bits per heavy atom. The molecule has 1 aromatic carbocycles. The minimum atomic E-state index is -3.50. The molecule has 21 heavy (non-hydrogen) atoms. The van der Waals surface area contributed by atoms with Gasteiger partial charge in [0.2, 0.25) is 10.0 Å². The summed E-state index contributed by atoms with van der Waals surface area (Å²) >= 11 is 1.38. The molecule has 2 rings (SSSR count). The maximum atomic E-state index is 12.8. The van der Waals surface area contributed by atoms with Crippen LogP contribution >= 0.6 is 11.3 Å². The Hall–Kier alpha value is -1.21. The van der Waals surface area contributed by atoms with Gasteiger partial charge >= 0.3 is 0 Å². The minimum absolute atomic E-state index is 0.114. The standard InChI is InChI=1S/C15H20N2O2S2/c1-12(2)17(10-13-6-4-3-5-7-13)21(18,19)15-8-14(9-16)20-11-15/h3-8,11-12H,9-10,16H2,1-2H3. The van der Waals surface area contributed by atoms with Crippen molar-refractivity contribution in [3.63, 3.8) is 0 Å². The average Bonchev–Trinajstić information content (AvgIpc) is 2.95. The van der Waals surface area contributed by atoms with Crippen molar-refractivity contribution in [1.82, 2.24) is 4.31 Å². The molecule has 1 aromatic heterocycles. The van der Waals surface area contributed by atoms with Crippen LogP contribution in [0.2, 0.25) is 0 Å². The highest BCUT2D eigenvalue weighted by atomic mass is 32.2. The van der Waals surface area contributed by atoms with Gasteiger partial charge in [-0.3, -0.25) is 0 Å². The van der Waals surface area contributed by atoms with Crippen molar-refractivity contribution < 1.29 is 8.42 Å². The molecule has 2 aromatic rings. The number of hydrogen-bond acceptors (Lipinski definition) is 4. The van der Waals surface area contributed by atoms with E-state index in [1.165, 1.54) is 15.6 Å². The van der Waals surface area contributed by atoms with E-state index < -0.39 is 10.0 Å². The van der Waals surface area contributed by atoms with Crippen molar-refractivity contribution in [3.8, 4) is 0 Å². The summed E-state index contributed by atoms with van der Waals surface area (Å²) in [5.74, 6) is 0. The van der Waals surface area contributed by atoms with Gasteiger partial charge in [-0.15, -0.1) is 11.3 Å². The fraction of sp³-hybridized carbons (Fsp3) is 0.333. The van der Waals surface area contributed by atoms with Gasteiger partial charge in [0.05, 0.1) is 4.90 Å². The monoisotopic (exact) mass is 324 g/mol. The predicted octanol–water partition coefficient (Wildman–Crippen LogP) is 2.81. The maximum Gasteiger partial charge on any atom is 0.244 e. The third-order valence-corrected chi connectivity index (χ3v) is 6.30. The summed E-state index contributed by atoms with van der Waals surface area (Å²) in [6.07, 6.45) is 0. The Morgan fingerprint density at radius 3 is 2.43 bits per heavy atom. The fourth-order valence-corrected chi connectivity index (χ4v) is 4.81. The summed E-state index contributed by atoms with van der Waals surface area (Å²) in [5, 5.41) is 1.66. The third kappa shape index (κ3) is 3.71. The number of rotatable bonds is 6. The Bertz CT molecular complexity index is 679. The van der Waals surface area contributed by atoms with Crippen LogP contribution in [-0.4, -0.2) is 18.8 Å². The lowest BCUT2D eigenvalue weighted by Gasteiger charge is -2.25. The molecule has 0 spiro atoms. The second-order valence-corrected chi connectivity index (χ2v) is 7.97. The highest BCUT2D eigenvalue weighted by Gasteiger charge is 2.28. The normalized spacial score (nSPS) is 12.2. The molecule has 114 valence electrons. The number of benzene rings is 1. The summed E-state index contributed by atoms with van der Waals surface area (Å²) in [6, 6.07) is 11.2. The van der Waals surface area contributed by atoms with E-state index in [4.69, 9.17) is 5.73 Å². The third-order valence-electron chi connectivity index (χ3n) is 3.19. The van der Waals surface area contributed by atoms with Gasteiger partial charge in [0.25, 0.3) is 0 Å². The molecule has 0 bridgehead atoms. The smallest absolute Gasteiger partial charge is 0.244 e. The van der Waals surface area contributed by atoms with E-state index in [-0.39, 0.29) is 6.04 Å². The molecule has 0 aliphatic heterocycles. The van der Waals surface area contributed by atoms with Crippen LogP contribution in [0.4, 0.5) is 0 Å². The van der Waals surface area contributed by atoms with Crippen LogP contribution in [0.1, 0.15) is 24.3 Å². The van der Waals surface area contributed by atoms with Gasteiger partial charge in [-0.25, -0.2) is 8.42 Å². The van der Waals surface area contributed by atoms with E-state index in [0.717, 1.165) is 10.4 Å². The highest BCUT2D eigenvalue weighted by molar-refractivity contribution is 7.89. The van der Waals surface area contributed by atoms with Gasteiger partial charge in [0.15, 0.2) is 0 Å². The Labute approximate surface area is 130 Å². The van der Waals surface area contributed by atoms with Crippen molar-refractivity contribution in [3.05, 3.63) is 52.2 Å². The van der Waals surface area contributed by atoms with Crippen LogP contribution in [0.25, 0.3) is 0 Å². The Morgan fingerprint density at radius 1 is 1.24 bits per heavy atom. The number of nitrogens with two attached hydrogens (primary N) is 1. The summed E-state index contributed by atoms with van der Waals surface area (Å²) in [5.41, 5.74) is 6.54. The summed E-state index contributed by atoms with van der Waals surface area (Å²) in [7, 11) is -3.50. The first kappa shape index (κ1) is 16.2. The zero-order chi connectivity index (χ0) is 15.5. The van der Waals surface area contributed by atoms with Crippen molar-refractivity contribution in [1.29, 1.82) is 0 Å². The lowest BCUT2D eigenvalue weighted by Crippen LogP contribution is -2.36. The zero-order valence-electron chi connectivity index (χ0n) is 12.2. The van der Waals surface area contributed by atoms with Crippen LogP contribution in [-0.2, 0) is 23.1 Å². The molecule has 6 heteroatoms. The molecule has 4 nitrogen and oxygen atoms in total. The quantitative estimate of drug-likeness (QED) is 0.888. The molecule has 0 radical (unpaired) electrons. The molecule has 0 fully saturated rings. The van der Waals surface area contributed by atoms with E-state index in [9.17, 15) is 8.42 Å². The number of thiophene rings is 1. The minimum Gasteiger partial charge on any atom is -0.326 e. The number of sulfonamides is 1. The van der Waals surface area contributed by atoms with Gasteiger partial charge in [0, 0.05) is 29.4 Å². The first-order chi connectivity index (χ1) is 9.95. The lowest BCUT2D eigenvalue weighted by molar-refractivity contribution is 0.348. The highest BCUT2D eigenvalue weighted by Crippen LogP contribution is 2.25. The predicted molar refractivity (Wildman–Crippen MR) is 86.5 cm³/mol. The van der Waals surface area contributed by atoms with Crippen molar-refractivity contribution in [2.75, 3.05) is 0 Å². The molecule has 0 saturated carbocycles. The summed E-state index contributed by atoms with van der Waals surface area (Å²) < 4.78 is 27.1. The van der Waals surface area contributed by atoms with E-state index in [0.29, 0.717) is 18.0 Å². The number of nitrogens with zero attached hydrogens (tertiary/aromatic N) is 1. The average molecular weight is 324 g/mol. The van der Waals surface area contributed by atoms with Crippen LogP contribution in [0.5, 0.6) is 0 Å². The van der Waals surface area contributed by atoms with Gasteiger partial charge in [-0.1, -0.05) is 30.3 Å². The fourth-order valence-electron chi connectivity index (χ4n) is 2.05. The molecule has 0 aliphatic rings. The first-order valence-corrected chi connectivity index (χ1v) is 9.10. The van der Waals surface area contributed by atoms with E-state index >= 15 is 0 Å². The van der Waals surface area contributed by atoms with Crippen LogP contribution in [0.15, 0.2) is 46.7 Å². The molecule has 0 atom stereocenters. The Balaban J connectivity index is 2.32. The molecule has 2 N–H and O–H groups in total. The summed E-state index contributed by atoms with van der Waals surface area (Å²) in [6.45, 7) is 4.50. The molecular weight excluding hydrogens is 304 g/mol. The second kappa shape index (κ2) is 6.70. The largest absolute Gasteiger partial charge is 0.326 e. The van der Waals surface area contributed by atoms with Gasteiger partial charge in [-0.05, 0) is 25.5 Å². The Kier molecular flexibility index (Phi) is 5.16. The molecular formula is C15H20N2O2S2. The molecule has 0 amide bonds. The van der Waals surface area contributed by atoms with Crippen molar-refractivity contribution in [2.45, 2.75) is 37.9 Å². The molecule has 0 saturated heterocycles. The topological polar surface area (TPSA) is 63.4 Å². The van der Waals surface area contributed by atoms with Gasteiger partial charge in [0.1, 0.15) is 0 Å². The van der Waals surface area contributed by atoms with Gasteiger partial charge in [-0.2, -0.15) is 4.31 Å². The summed E-state index contributed by atoms with van der Waals surface area (Å²) in [4.78, 5) is 1.20. The van der Waals surface area contributed by atoms with Crippen molar-refractivity contribution >= 4 is 21.4 Å². The number of hydrogen-bond donors (Lipinski definition) is 1. The molecule has 0 aliphatic carbocycles. The first-order valence-electron chi connectivity index (χ1n) is 6.78. The lowest BCUT2D eigenvalue weighted by atomic mass is 10.2. The van der Waals surface area contributed by atoms with E-state index in [2.05, 4.69) is 0 Å². The van der Waals surface area contributed by atoms with E-state index in [1.54, 1.807) is 11.4 Å². The van der Waals surface area contributed by atoms with Crippen LogP contribution in [0.3, 0.4) is 0 Å². The second-order valence-electron chi connectivity index (χ2n) is 5.08. The molecule has 1 heterocycles. The van der Waals surface area contributed by atoms with Gasteiger partial charge < -0.3 is 5.73 Å². The van der Waals surface area contributed by atoms with Crippen molar-refractivity contribution in [2.24, 2.45) is 5.73 Å². The van der Waals surface area contributed by atoms with Crippen LogP contribution in [0, 0.1) is 0 Å². The maximum absolute atomic E-state index is 12.8. The molecule has 0 unspecified atom stereocenters.